The van der Waals surface area contributed by atoms with Gasteiger partial charge < -0.3 is 20.1 Å². The lowest BCUT2D eigenvalue weighted by atomic mass is 10.1. The molecular weight excluding hydrogens is 395 g/mol. The first-order chi connectivity index (χ1) is 12.8. The lowest BCUT2D eigenvalue weighted by molar-refractivity contribution is -0.304. The zero-order valence-corrected chi connectivity index (χ0v) is 15.7. The summed E-state index contributed by atoms with van der Waals surface area (Å²) in [5.74, 6) is -2.81. The summed E-state index contributed by atoms with van der Waals surface area (Å²) in [6.45, 7) is 1.65. The fourth-order valence-electron chi connectivity index (χ4n) is 2.47. The molecule has 27 heavy (non-hydrogen) atoms. The van der Waals surface area contributed by atoms with Crippen LogP contribution < -0.4 is 15.3 Å². The average molecular weight is 409 g/mol. The smallest absolute Gasteiger partial charge is 0.231 e. The Hall–Kier alpha value is -2.53. The average Bonchev–Trinajstić information content (AvgIpc) is 3.22. The lowest BCUT2D eigenvalue weighted by Gasteiger charge is -2.16. The number of benzene rings is 1. The van der Waals surface area contributed by atoms with Crippen LogP contribution in [0.2, 0.25) is 0 Å². The van der Waals surface area contributed by atoms with E-state index in [0.29, 0.717) is 10.0 Å². The molecule has 2 amide bonds. The van der Waals surface area contributed by atoms with Crippen molar-refractivity contribution in [1.29, 1.82) is 0 Å². The number of rotatable bonds is 6. The Bertz CT molecular complexity index is 874. The fraction of sp³-hybridized carbons (Fsp3) is 0.312. The van der Waals surface area contributed by atoms with Gasteiger partial charge >= 0.3 is 0 Å². The number of halogens is 1. The van der Waals surface area contributed by atoms with Gasteiger partial charge in [-0.2, -0.15) is 0 Å². The quantitative estimate of drug-likeness (QED) is 0.557. The van der Waals surface area contributed by atoms with Crippen LogP contribution in [0.15, 0.2) is 28.6 Å². The van der Waals surface area contributed by atoms with Crippen molar-refractivity contribution in [3.63, 3.8) is 0 Å². The van der Waals surface area contributed by atoms with Crippen LogP contribution >= 0.6 is 23.1 Å². The molecule has 0 spiro atoms. The molecule has 1 fully saturated rings. The molecule has 1 N–H and O–H groups in total. The highest BCUT2D eigenvalue weighted by atomic mass is 32.2. The number of carboxylic acid groups (broad SMARTS) is 1. The Morgan fingerprint density at radius 2 is 2.07 bits per heavy atom. The number of aliphatic carboxylic acids is 1. The first-order valence-corrected chi connectivity index (χ1v) is 9.61. The van der Waals surface area contributed by atoms with E-state index in [2.05, 4.69) is 15.5 Å². The van der Waals surface area contributed by atoms with E-state index in [0.717, 1.165) is 23.1 Å². The second-order valence-electron chi connectivity index (χ2n) is 5.82. The van der Waals surface area contributed by atoms with E-state index in [1.54, 1.807) is 0 Å². The second-order valence-corrected chi connectivity index (χ2v) is 8.39. The Balaban J connectivity index is 1.60. The molecule has 0 aliphatic carbocycles. The number of carbonyl (C=O) groups excluding carboxylic acids is 3. The number of carbonyl (C=O) groups is 3. The number of hydrogen-bond donors (Lipinski definition) is 1. The number of carboxylic acids is 1. The molecule has 8 nitrogen and oxygen atoms in total. The number of anilines is 2. The van der Waals surface area contributed by atoms with E-state index in [1.807, 2.05) is 0 Å². The molecule has 3 rings (SSSR count). The third-order valence-corrected chi connectivity index (χ3v) is 5.88. The molecule has 2 heterocycles. The Morgan fingerprint density at radius 3 is 2.74 bits per heavy atom. The maximum atomic E-state index is 13.0. The van der Waals surface area contributed by atoms with Gasteiger partial charge in [0.05, 0.1) is 11.9 Å². The van der Waals surface area contributed by atoms with E-state index in [-0.39, 0.29) is 29.9 Å². The van der Waals surface area contributed by atoms with Crippen molar-refractivity contribution < 1.29 is 23.9 Å². The van der Waals surface area contributed by atoms with Crippen LogP contribution in [0, 0.1) is 11.7 Å². The molecule has 1 aromatic carbocycles. The molecule has 1 aliphatic heterocycles. The van der Waals surface area contributed by atoms with Gasteiger partial charge in [-0.1, -0.05) is 23.1 Å². The van der Waals surface area contributed by atoms with Crippen LogP contribution in [0.4, 0.5) is 15.2 Å². The third-order valence-electron chi connectivity index (χ3n) is 3.88. The molecule has 11 heteroatoms. The molecule has 0 bridgehead atoms. The Kier molecular flexibility index (Phi) is 5.71. The standard InChI is InChI=1S/C16H15FN4O4S2/c1-8(14(24)25)26-16-20-19-15(27-16)18-13(23)9-6-12(22)21(7-9)11-4-2-10(17)3-5-11/h2-5,8-9H,6-7H2,1H3,(H,24,25)(H,18,19,23)/p-1/t8-,9+/m1/s1. The molecule has 142 valence electrons. The van der Waals surface area contributed by atoms with Gasteiger partial charge in [-0.3, -0.25) is 9.59 Å². The molecule has 0 radical (unpaired) electrons. The van der Waals surface area contributed by atoms with Gasteiger partial charge in [0.2, 0.25) is 16.9 Å². The van der Waals surface area contributed by atoms with E-state index in [1.165, 1.54) is 36.1 Å². The van der Waals surface area contributed by atoms with Crippen molar-refractivity contribution in [2.45, 2.75) is 22.9 Å². The molecule has 2 aromatic rings. The predicted octanol–water partition coefficient (Wildman–Crippen LogP) is 0.899. The first kappa shape index (κ1) is 19.2. The van der Waals surface area contributed by atoms with Crippen LogP contribution in [0.3, 0.4) is 0 Å². The monoisotopic (exact) mass is 409 g/mol. The molecular formula is C16H14FN4O4S2-. The molecule has 1 aromatic heterocycles. The summed E-state index contributed by atoms with van der Waals surface area (Å²) in [5, 5.41) is 20.4. The van der Waals surface area contributed by atoms with Crippen LogP contribution in [0.1, 0.15) is 13.3 Å². The largest absolute Gasteiger partial charge is 0.549 e. The van der Waals surface area contributed by atoms with Gasteiger partial charge in [0.25, 0.3) is 0 Å². The summed E-state index contributed by atoms with van der Waals surface area (Å²) in [4.78, 5) is 36.8. The third kappa shape index (κ3) is 4.61. The van der Waals surface area contributed by atoms with Gasteiger partial charge in [0.15, 0.2) is 4.34 Å². The van der Waals surface area contributed by atoms with E-state index in [9.17, 15) is 23.9 Å². The van der Waals surface area contributed by atoms with Crippen LogP contribution in [-0.4, -0.2) is 39.8 Å². The summed E-state index contributed by atoms with van der Waals surface area (Å²) >= 11 is 2.01. The highest BCUT2D eigenvalue weighted by molar-refractivity contribution is 8.02. The lowest BCUT2D eigenvalue weighted by Crippen LogP contribution is -2.31. The van der Waals surface area contributed by atoms with Gasteiger partial charge in [0, 0.05) is 23.9 Å². The Morgan fingerprint density at radius 1 is 1.37 bits per heavy atom. The minimum Gasteiger partial charge on any atom is -0.549 e. The van der Waals surface area contributed by atoms with E-state index >= 15 is 0 Å². The zero-order chi connectivity index (χ0) is 19.6. The summed E-state index contributed by atoms with van der Waals surface area (Å²) in [6.07, 6.45) is 0.0331. The first-order valence-electron chi connectivity index (χ1n) is 7.91. The van der Waals surface area contributed by atoms with Crippen molar-refractivity contribution >= 4 is 51.7 Å². The number of amides is 2. The van der Waals surface area contributed by atoms with Crippen molar-refractivity contribution in [2.75, 3.05) is 16.8 Å². The van der Waals surface area contributed by atoms with E-state index < -0.39 is 23.0 Å². The highest BCUT2D eigenvalue weighted by Gasteiger charge is 2.35. The normalized spacial score (nSPS) is 17.8. The number of aromatic nitrogens is 2. The Labute approximate surface area is 161 Å². The number of thioether (sulfide) groups is 1. The molecule has 1 aliphatic rings. The summed E-state index contributed by atoms with van der Waals surface area (Å²) in [5.41, 5.74) is 0.530. The van der Waals surface area contributed by atoms with Gasteiger partial charge in [-0.05, 0) is 31.2 Å². The summed E-state index contributed by atoms with van der Waals surface area (Å²) in [6, 6.07) is 5.48. The van der Waals surface area contributed by atoms with Gasteiger partial charge in [0.1, 0.15) is 5.82 Å². The maximum Gasteiger partial charge on any atom is 0.231 e. The second kappa shape index (κ2) is 8.01. The topological polar surface area (TPSA) is 115 Å². The minimum absolute atomic E-state index is 0.0331. The van der Waals surface area contributed by atoms with Crippen LogP contribution in [-0.2, 0) is 14.4 Å². The molecule has 0 unspecified atom stereocenters. The number of nitrogens with one attached hydrogen (secondary N) is 1. The van der Waals surface area contributed by atoms with Crippen molar-refractivity contribution in [3.05, 3.63) is 30.1 Å². The number of hydrogen-bond acceptors (Lipinski definition) is 8. The predicted molar refractivity (Wildman–Crippen MR) is 95.7 cm³/mol. The highest BCUT2D eigenvalue weighted by Crippen LogP contribution is 2.30. The molecule has 1 saturated heterocycles. The summed E-state index contributed by atoms with van der Waals surface area (Å²) in [7, 11) is 0. The van der Waals surface area contributed by atoms with Gasteiger partial charge in [-0.25, -0.2) is 4.39 Å². The van der Waals surface area contributed by atoms with Crippen molar-refractivity contribution in [2.24, 2.45) is 5.92 Å². The SMILES string of the molecule is C[C@@H](Sc1nnc(NC(=O)[C@H]2CC(=O)N(c3ccc(F)cc3)C2)s1)C(=O)[O-]. The van der Waals surface area contributed by atoms with Gasteiger partial charge in [-0.15, -0.1) is 10.2 Å². The maximum absolute atomic E-state index is 13.0. The molecule has 2 atom stereocenters. The fourth-order valence-corrected chi connectivity index (χ4v) is 4.30. The van der Waals surface area contributed by atoms with Crippen molar-refractivity contribution in [1.82, 2.24) is 10.2 Å². The van der Waals surface area contributed by atoms with E-state index in [4.69, 9.17) is 0 Å². The minimum atomic E-state index is -1.22. The summed E-state index contributed by atoms with van der Waals surface area (Å²) < 4.78 is 13.4. The zero-order valence-electron chi connectivity index (χ0n) is 14.0. The van der Waals surface area contributed by atoms with Crippen LogP contribution in [0.5, 0.6) is 0 Å². The van der Waals surface area contributed by atoms with Crippen molar-refractivity contribution in [3.8, 4) is 0 Å². The number of nitrogens with zero attached hydrogens (tertiary/aromatic N) is 3. The van der Waals surface area contributed by atoms with Crippen LogP contribution in [0.25, 0.3) is 0 Å². The molecule has 0 saturated carbocycles.